The van der Waals surface area contributed by atoms with Crippen LogP contribution < -0.4 is 11.1 Å². The van der Waals surface area contributed by atoms with Crippen molar-refractivity contribution < 1.29 is 9.53 Å². The minimum absolute atomic E-state index is 0.0510. The number of ether oxygens (including phenoxy) is 1. The van der Waals surface area contributed by atoms with Gasteiger partial charge in [0.2, 0.25) is 5.91 Å². The Morgan fingerprint density at radius 3 is 2.63 bits per heavy atom. The van der Waals surface area contributed by atoms with Crippen LogP contribution in [0.25, 0.3) is 0 Å². The number of anilines is 1. The zero-order valence-corrected chi connectivity index (χ0v) is 11.7. The fraction of sp³-hybridized carbons (Fsp3) is 0.533. The Morgan fingerprint density at radius 1 is 1.26 bits per heavy atom. The van der Waals surface area contributed by atoms with E-state index in [-0.39, 0.29) is 12.5 Å². The summed E-state index contributed by atoms with van der Waals surface area (Å²) in [5.74, 6) is -0.146. The van der Waals surface area contributed by atoms with Gasteiger partial charge in [-0.3, -0.25) is 4.79 Å². The van der Waals surface area contributed by atoms with E-state index in [2.05, 4.69) is 24.4 Å². The van der Waals surface area contributed by atoms with Crippen LogP contribution in [-0.4, -0.2) is 25.7 Å². The van der Waals surface area contributed by atoms with E-state index in [1.807, 2.05) is 12.1 Å². The third kappa shape index (κ3) is 6.94. The summed E-state index contributed by atoms with van der Waals surface area (Å²) >= 11 is 0. The summed E-state index contributed by atoms with van der Waals surface area (Å²) in [6, 6.07) is 7.99. The smallest absolute Gasteiger partial charge is 0.250 e. The van der Waals surface area contributed by atoms with Crippen LogP contribution in [0.3, 0.4) is 0 Å². The van der Waals surface area contributed by atoms with Crippen molar-refractivity contribution in [2.75, 3.05) is 25.1 Å². The van der Waals surface area contributed by atoms with Crippen molar-refractivity contribution in [3.05, 3.63) is 29.8 Å². The molecule has 1 rings (SSSR count). The predicted octanol–water partition coefficient (Wildman–Crippen LogP) is 2.33. The van der Waals surface area contributed by atoms with Crippen LogP contribution in [0.5, 0.6) is 0 Å². The largest absolute Gasteiger partial charge is 0.370 e. The lowest BCUT2D eigenvalue weighted by Gasteiger charge is -2.07. The predicted molar refractivity (Wildman–Crippen MR) is 78.2 cm³/mol. The van der Waals surface area contributed by atoms with E-state index in [0.717, 1.165) is 12.1 Å². The maximum absolute atomic E-state index is 11.5. The van der Waals surface area contributed by atoms with Gasteiger partial charge in [-0.05, 0) is 30.5 Å². The summed E-state index contributed by atoms with van der Waals surface area (Å²) in [4.78, 5) is 11.5. The summed E-state index contributed by atoms with van der Waals surface area (Å²) in [6.45, 7) is 3.09. The normalized spacial score (nSPS) is 10.4. The lowest BCUT2D eigenvalue weighted by atomic mass is 10.1. The first kappa shape index (κ1) is 15.7. The van der Waals surface area contributed by atoms with E-state index in [9.17, 15) is 4.79 Å². The molecule has 1 aromatic carbocycles. The van der Waals surface area contributed by atoms with Crippen molar-refractivity contribution in [1.29, 1.82) is 0 Å². The number of hydrogen-bond donors (Lipinski definition) is 2. The van der Waals surface area contributed by atoms with Crippen LogP contribution >= 0.6 is 0 Å². The van der Waals surface area contributed by atoms with E-state index >= 15 is 0 Å². The average molecular weight is 264 g/mol. The van der Waals surface area contributed by atoms with Crippen LogP contribution in [0.2, 0.25) is 0 Å². The molecule has 0 radical (unpaired) electrons. The Kier molecular flexibility index (Phi) is 7.86. The van der Waals surface area contributed by atoms with Crippen molar-refractivity contribution >= 4 is 11.6 Å². The highest BCUT2D eigenvalue weighted by Gasteiger charge is 2.02. The molecule has 106 valence electrons. The number of unbranched alkanes of at least 4 members (excludes halogenated alkanes) is 2. The molecule has 0 aliphatic rings. The first-order valence-electron chi connectivity index (χ1n) is 6.93. The summed E-state index contributed by atoms with van der Waals surface area (Å²) in [5, 5.41) is 2.79. The Bertz CT molecular complexity index is 363. The molecule has 3 N–H and O–H groups in total. The van der Waals surface area contributed by atoms with Crippen molar-refractivity contribution in [3.63, 3.8) is 0 Å². The van der Waals surface area contributed by atoms with Gasteiger partial charge in [-0.25, -0.2) is 0 Å². The van der Waals surface area contributed by atoms with E-state index < -0.39 is 0 Å². The molecule has 19 heavy (non-hydrogen) atoms. The minimum atomic E-state index is -0.146. The molecule has 0 aliphatic carbocycles. The van der Waals surface area contributed by atoms with Crippen LogP contribution in [0.15, 0.2) is 24.3 Å². The van der Waals surface area contributed by atoms with Gasteiger partial charge >= 0.3 is 0 Å². The number of hydrogen-bond acceptors (Lipinski definition) is 3. The maximum atomic E-state index is 11.5. The zero-order chi connectivity index (χ0) is 13.9. The van der Waals surface area contributed by atoms with Crippen molar-refractivity contribution in [2.45, 2.75) is 32.6 Å². The summed E-state index contributed by atoms with van der Waals surface area (Å²) < 4.78 is 5.07. The molecule has 0 bridgehead atoms. The Hall–Kier alpha value is -1.39. The number of rotatable bonds is 9. The Balaban J connectivity index is 2.32. The number of aryl methyl sites for hydroxylation is 1. The first-order chi connectivity index (χ1) is 9.26. The summed E-state index contributed by atoms with van der Waals surface area (Å²) in [6.07, 6.45) is 4.81. The number of nitrogens with two attached hydrogens (primary N) is 1. The van der Waals surface area contributed by atoms with E-state index in [4.69, 9.17) is 10.5 Å². The second-order valence-electron chi connectivity index (χ2n) is 4.54. The minimum Gasteiger partial charge on any atom is -0.370 e. The lowest BCUT2D eigenvalue weighted by molar-refractivity contribution is -0.120. The van der Waals surface area contributed by atoms with Crippen molar-refractivity contribution in [3.8, 4) is 0 Å². The highest BCUT2D eigenvalue weighted by atomic mass is 16.5. The molecule has 0 spiro atoms. The molecule has 0 fully saturated rings. The molecule has 1 aromatic rings. The van der Waals surface area contributed by atoms with Gasteiger partial charge in [0.25, 0.3) is 0 Å². The van der Waals surface area contributed by atoms with Gasteiger partial charge in [0.1, 0.15) is 6.61 Å². The standard InChI is InChI=1S/C15H24N2O2/c1-2-3-4-5-13-6-8-14(9-7-13)17-15(18)12-19-11-10-16/h6-9H,2-5,10-12,16H2,1H3,(H,17,18). The van der Waals surface area contributed by atoms with Crippen molar-refractivity contribution in [1.82, 2.24) is 0 Å². The van der Waals surface area contributed by atoms with Gasteiger partial charge in [-0.2, -0.15) is 0 Å². The molecule has 0 atom stereocenters. The third-order valence-corrected chi connectivity index (χ3v) is 2.80. The fourth-order valence-corrected chi connectivity index (χ4v) is 1.78. The van der Waals surface area contributed by atoms with Crippen LogP contribution in [0.4, 0.5) is 5.69 Å². The van der Waals surface area contributed by atoms with Crippen LogP contribution in [-0.2, 0) is 16.0 Å². The number of carbonyl (C=O) groups is 1. The molecule has 0 heterocycles. The van der Waals surface area contributed by atoms with Crippen LogP contribution in [0.1, 0.15) is 31.7 Å². The van der Waals surface area contributed by atoms with Gasteiger partial charge < -0.3 is 15.8 Å². The van der Waals surface area contributed by atoms with Crippen molar-refractivity contribution in [2.24, 2.45) is 5.73 Å². The highest BCUT2D eigenvalue weighted by Crippen LogP contribution is 2.12. The monoisotopic (exact) mass is 264 g/mol. The molecule has 0 aliphatic heterocycles. The summed E-state index contributed by atoms with van der Waals surface area (Å²) in [7, 11) is 0. The highest BCUT2D eigenvalue weighted by molar-refractivity contribution is 5.91. The quantitative estimate of drug-likeness (QED) is 0.673. The molecule has 4 heteroatoms. The van der Waals surface area contributed by atoms with E-state index in [0.29, 0.717) is 13.2 Å². The number of amides is 1. The lowest BCUT2D eigenvalue weighted by Crippen LogP contribution is -2.20. The molecular weight excluding hydrogens is 240 g/mol. The number of nitrogens with one attached hydrogen (secondary N) is 1. The van der Waals surface area contributed by atoms with E-state index in [1.165, 1.54) is 24.8 Å². The molecule has 4 nitrogen and oxygen atoms in total. The second-order valence-corrected chi connectivity index (χ2v) is 4.54. The number of carbonyl (C=O) groups excluding carboxylic acids is 1. The molecule has 0 saturated heterocycles. The second kappa shape index (κ2) is 9.53. The van der Waals surface area contributed by atoms with Crippen LogP contribution in [0, 0.1) is 0 Å². The number of benzene rings is 1. The van der Waals surface area contributed by atoms with Gasteiger partial charge in [0.05, 0.1) is 6.61 Å². The summed E-state index contributed by atoms with van der Waals surface area (Å²) in [5.41, 5.74) is 7.39. The zero-order valence-electron chi connectivity index (χ0n) is 11.7. The van der Waals surface area contributed by atoms with Gasteiger partial charge in [-0.1, -0.05) is 31.9 Å². The Morgan fingerprint density at radius 2 is 2.00 bits per heavy atom. The maximum Gasteiger partial charge on any atom is 0.250 e. The molecule has 0 saturated carbocycles. The third-order valence-electron chi connectivity index (χ3n) is 2.80. The average Bonchev–Trinajstić information content (AvgIpc) is 2.41. The van der Waals surface area contributed by atoms with Gasteiger partial charge in [0, 0.05) is 12.2 Å². The first-order valence-corrected chi connectivity index (χ1v) is 6.93. The van der Waals surface area contributed by atoms with Gasteiger partial charge in [0.15, 0.2) is 0 Å². The van der Waals surface area contributed by atoms with Gasteiger partial charge in [-0.15, -0.1) is 0 Å². The SMILES string of the molecule is CCCCCc1ccc(NC(=O)COCCN)cc1. The van der Waals surface area contributed by atoms with E-state index in [1.54, 1.807) is 0 Å². The Labute approximate surface area is 115 Å². The molecular formula is C15H24N2O2. The fourth-order valence-electron chi connectivity index (χ4n) is 1.78. The topological polar surface area (TPSA) is 64.3 Å². The molecule has 0 aromatic heterocycles. The molecule has 1 amide bonds. The molecule has 0 unspecified atom stereocenters.